The second-order valence-electron chi connectivity index (χ2n) is 7.72. The van der Waals surface area contributed by atoms with E-state index in [-0.39, 0.29) is 19.0 Å². The van der Waals surface area contributed by atoms with Crippen LogP contribution in [0.3, 0.4) is 0 Å². The number of nitrogens with zero attached hydrogens (tertiary/aromatic N) is 2. The third-order valence-corrected chi connectivity index (χ3v) is 7.90. The Balaban J connectivity index is 1.41. The van der Waals surface area contributed by atoms with Crippen LogP contribution in [0.5, 0.6) is 11.5 Å². The van der Waals surface area contributed by atoms with Crippen LogP contribution >= 0.6 is 24.0 Å². The third-order valence-electron chi connectivity index (χ3n) is 5.44. The first-order chi connectivity index (χ1) is 16.3. The average molecular weight is 521 g/mol. The van der Waals surface area contributed by atoms with Gasteiger partial charge in [-0.25, -0.2) is 0 Å². The average Bonchev–Trinajstić information content (AvgIpc) is 3.39. The van der Waals surface area contributed by atoms with E-state index in [2.05, 4.69) is 0 Å². The van der Waals surface area contributed by atoms with Gasteiger partial charge < -0.3 is 9.47 Å². The molecule has 34 heavy (non-hydrogen) atoms. The summed E-state index contributed by atoms with van der Waals surface area (Å²) in [7, 11) is -4.32. The lowest BCUT2D eigenvalue weighted by Crippen LogP contribution is -2.44. The fourth-order valence-corrected chi connectivity index (χ4v) is 6.04. The molecule has 0 radical (unpaired) electrons. The Bertz CT molecular complexity index is 1190. The molecule has 1 N–H and O–H groups in total. The van der Waals surface area contributed by atoms with Crippen molar-refractivity contribution >= 4 is 50.6 Å². The van der Waals surface area contributed by atoms with Crippen molar-refractivity contribution in [1.29, 1.82) is 0 Å². The van der Waals surface area contributed by atoms with Crippen molar-refractivity contribution in [3.8, 4) is 11.5 Å². The minimum Gasteiger partial charge on any atom is -0.490 e. The molecule has 2 heterocycles. The van der Waals surface area contributed by atoms with Gasteiger partial charge in [-0.3, -0.25) is 14.2 Å². The first kappa shape index (κ1) is 24.7. The lowest BCUT2D eigenvalue weighted by atomic mass is 10.1. The van der Waals surface area contributed by atoms with Gasteiger partial charge in [0.1, 0.15) is 29.0 Å². The summed E-state index contributed by atoms with van der Waals surface area (Å²) in [6.45, 7) is 1.03. The number of amides is 1. The Morgan fingerprint density at radius 3 is 2.56 bits per heavy atom. The van der Waals surface area contributed by atoms with Crippen molar-refractivity contribution in [2.45, 2.75) is 18.9 Å². The molecule has 1 atom stereocenters. The van der Waals surface area contributed by atoms with Gasteiger partial charge in [0.25, 0.3) is 5.91 Å². The van der Waals surface area contributed by atoms with Crippen molar-refractivity contribution in [2.24, 2.45) is 0 Å². The van der Waals surface area contributed by atoms with Crippen LogP contribution in [0, 0.1) is 0 Å². The van der Waals surface area contributed by atoms with E-state index in [1.807, 2.05) is 54.6 Å². The normalized spacial score (nSPS) is 20.3. The van der Waals surface area contributed by atoms with Gasteiger partial charge in [0.15, 0.2) is 0 Å². The second kappa shape index (κ2) is 10.9. The molecule has 2 aromatic rings. The molecule has 11 heteroatoms. The highest BCUT2D eigenvalue weighted by atomic mass is 32.2. The molecule has 0 saturated carbocycles. The highest BCUT2D eigenvalue weighted by Gasteiger charge is 2.39. The van der Waals surface area contributed by atoms with E-state index in [1.54, 1.807) is 6.08 Å². The fourth-order valence-electron chi connectivity index (χ4n) is 3.86. The first-order valence-corrected chi connectivity index (χ1v) is 13.3. The highest BCUT2D eigenvalue weighted by Crippen LogP contribution is 2.35. The zero-order valence-corrected chi connectivity index (χ0v) is 20.7. The molecule has 2 aliphatic heterocycles. The number of hydrogen-bond donors (Lipinski definition) is 1. The van der Waals surface area contributed by atoms with Crippen LogP contribution in [0.1, 0.15) is 18.4 Å². The summed E-state index contributed by atoms with van der Waals surface area (Å²) in [6, 6.07) is 16.3. The number of rotatable bonds is 9. The topological polar surface area (TPSA) is 96.4 Å². The van der Waals surface area contributed by atoms with E-state index in [4.69, 9.17) is 21.7 Å². The predicted octanol–water partition coefficient (Wildman–Crippen LogP) is 3.61. The van der Waals surface area contributed by atoms with Gasteiger partial charge in [0, 0.05) is 24.7 Å². The Labute approximate surface area is 208 Å². The Morgan fingerprint density at radius 2 is 1.79 bits per heavy atom. The maximum atomic E-state index is 13.1. The van der Waals surface area contributed by atoms with Crippen LogP contribution < -0.4 is 9.47 Å². The summed E-state index contributed by atoms with van der Waals surface area (Å²) in [5.74, 6) is 1.08. The molecule has 4 rings (SSSR count). The fraction of sp³-hybridized carbons (Fsp3) is 0.304. The van der Waals surface area contributed by atoms with Gasteiger partial charge in [-0.15, -0.1) is 0 Å². The summed E-state index contributed by atoms with van der Waals surface area (Å²) >= 11 is 6.55. The molecule has 2 fully saturated rings. The molecule has 0 bridgehead atoms. The maximum Gasteiger partial charge on any atom is 0.336 e. The second-order valence-corrected chi connectivity index (χ2v) is 10.8. The van der Waals surface area contributed by atoms with Crippen LogP contribution in [0.2, 0.25) is 0 Å². The van der Waals surface area contributed by atoms with Crippen molar-refractivity contribution < 1.29 is 27.2 Å². The number of thioether (sulfide) groups is 1. The molecule has 0 spiro atoms. The number of hydrogen-bond acceptors (Lipinski definition) is 7. The Kier molecular flexibility index (Phi) is 7.89. The van der Waals surface area contributed by atoms with Gasteiger partial charge in [-0.1, -0.05) is 60.4 Å². The van der Waals surface area contributed by atoms with E-state index in [0.29, 0.717) is 41.0 Å². The summed E-state index contributed by atoms with van der Waals surface area (Å²) in [6.07, 6.45) is 2.90. The van der Waals surface area contributed by atoms with Crippen LogP contribution in [-0.2, 0) is 15.1 Å². The molecule has 8 nitrogen and oxygen atoms in total. The largest absolute Gasteiger partial charge is 0.490 e. The van der Waals surface area contributed by atoms with Gasteiger partial charge in [0.2, 0.25) is 0 Å². The van der Waals surface area contributed by atoms with Gasteiger partial charge in [0.05, 0.1) is 4.91 Å². The number of ether oxygens (including phenoxy) is 2. The van der Waals surface area contributed by atoms with E-state index in [9.17, 15) is 17.8 Å². The lowest BCUT2D eigenvalue weighted by Gasteiger charge is -2.25. The van der Waals surface area contributed by atoms with Crippen molar-refractivity contribution in [3.63, 3.8) is 0 Å². The summed E-state index contributed by atoms with van der Waals surface area (Å²) < 4.78 is 45.6. The minimum absolute atomic E-state index is 0.108. The molecular formula is C23H24N2O6S3. The van der Waals surface area contributed by atoms with Crippen LogP contribution in [0.25, 0.3) is 6.08 Å². The number of thiocarbonyl (C=S) groups is 1. The molecule has 2 saturated heterocycles. The van der Waals surface area contributed by atoms with E-state index in [1.165, 1.54) is 4.90 Å². The molecule has 0 aliphatic carbocycles. The zero-order valence-electron chi connectivity index (χ0n) is 18.2. The van der Waals surface area contributed by atoms with Gasteiger partial charge in [-0.2, -0.15) is 12.7 Å². The van der Waals surface area contributed by atoms with Gasteiger partial charge >= 0.3 is 10.3 Å². The monoisotopic (exact) mass is 520 g/mol. The summed E-state index contributed by atoms with van der Waals surface area (Å²) in [4.78, 5) is 14.9. The predicted molar refractivity (Wildman–Crippen MR) is 135 cm³/mol. The molecular weight excluding hydrogens is 496 g/mol. The van der Waals surface area contributed by atoms with E-state index >= 15 is 0 Å². The maximum absolute atomic E-state index is 13.1. The molecule has 2 aliphatic rings. The van der Waals surface area contributed by atoms with Crippen LogP contribution in [-0.4, -0.2) is 64.7 Å². The van der Waals surface area contributed by atoms with E-state index < -0.39 is 16.3 Å². The Morgan fingerprint density at radius 1 is 1.09 bits per heavy atom. The Hall–Kier alpha value is -2.44. The highest BCUT2D eigenvalue weighted by molar-refractivity contribution is 8.26. The standard InChI is InChI=1S/C23H24N2O6S3/c26-22-21(33-23(32)24(22)16-18-8-6-12-25(18)34(27,28)29)15-17-7-4-5-11-20(17)31-14-13-30-19-9-2-1-3-10-19/h1-5,7,9-11,15,18H,6,8,12-14,16H2,(H,27,28,29)/b21-15+. The SMILES string of the molecule is O=C1/C(=C\c2ccccc2OCCOc2ccccc2)SC(=S)N1CC1CCCN1S(=O)(=O)O. The number of para-hydroxylation sites is 2. The number of benzene rings is 2. The molecule has 1 amide bonds. The molecule has 180 valence electrons. The quantitative estimate of drug-likeness (QED) is 0.232. The summed E-state index contributed by atoms with van der Waals surface area (Å²) in [5, 5.41) is 0. The zero-order chi connectivity index (χ0) is 24.1. The van der Waals surface area contributed by atoms with Crippen LogP contribution in [0.15, 0.2) is 59.5 Å². The smallest absolute Gasteiger partial charge is 0.336 e. The number of carbonyl (C=O) groups excluding carboxylic acids is 1. The third kappa shape index (κ3) is 5.97. The first-order valence-electron chi connectivity index (χ1n) is 10.7. The molecule has 0 aromatic heterocycles. The van der Waals surface area contributed by atoms with Crippen molar-refractivity contribution in [1.82, 2.24) is 9.21 Å². The molecule has 2 aromatic carbocycles. The molecule has 1 unspecified atom stereocenters. The summed E-state index contributed by atoms with van der Waals surface area (Å²) in [5.41, 5.74) is 0.725. The van der Waals surface area contributed by atoms with E-state index in [0.717, 1.165) is 27.4 Å². The lowest BCUT2D eigenvalue weighted by molar-refractivity contribution is -0.122. The number of carbonyl (C=O) groups is 1. The van der Waals surface area contributed by atoms with Crippen LogP contribution in [0.4, 0.5) is 0 Å². The van der Waals surface area contributed by atoms with Crippen molar-refractivity contribution in [3.05, 3.63) is 65.1 Å². The van der Waals surface area contributed by atoms with Crippen molar-refractivity contribution in [2.75, 3.05) is 26.3 Å². The van der Waals surface area contributed by atoms with Gasteiger partial charge in [-0.05, 0) is 37.1 Å². The minimum atomic E-state index is -4.32.